The maximum Gasteiger partial charge on any atom is 0.313 e. The number of aliphatic carboxylic acids is 1. The van der Waals surface area contributed by atoms with Crippen molar-refractivity contribution in [2.45, 2.75) is 6.92 Å². The number of fused-ring (bicyclic) bond motifs is 1. The minimum absolute atomic E-state index is 0.134. The van der Waals surface area contributed by atoms with Gasteiger partial charge in [-0.15, -0.1) is 0 Å². The van der Waals surface area contributed by atoms with Crippen LogP contribution in [0.4, 0.5) is 0 Å². The highest BCUT2D eigenvalue weighted by Crippen LogP contribution is 2.39. The number of nitrogens with one attached hydrogen (secondary N) is 1. The van der Waals surface area contributed by atoms with Gasteiger partial charge in [0, 0.05) is 19.0 Å². The van der Waals surface area contributed by atoms with E-state index in [0.717, 1.165) is 13.1 Å². The van der Waals surface area contributed by atoms with E-state index in [1.807, 2.05) is 12.2 Å². The van der Waals surface area contributed by atoms with E-state index in [9.17, 15) is 4.79 Å². The van der Waals surface area contributed by atoms with Gasteiger partial charge in [-0.3, -0.25) is 4.79 Å². The fraction of sp³-hybridized carbons (Fsp3) is 0.500. The van der Waals surface area contributed by atoms with Gasteiger partial charge < -0.3 is 10.4 Å². The van der Waals surface area contributed by atoms with Crippen molar-refractivity contribution >= 4 is 5.97 Å². The van der Waals surface area contributed by atoms with Gasteiger partial charge in [0.2, 0.25) is 0 Å². The maximum atomic E-state index is 11.1. The third-order valence-electron chi connectivity index (χ3n) is 3.06. The summed E-state index contributed by atoms with van der Waals surface area (Å²) in [4.78, 5) is 11.1. The van der Waals surface area contributed by atoms with Crippen LogP contribution in [0.3, 0.4) is 0 Å². The molecule has 0 saturated carbocycles. The lowest BCUT2D eigenvalue weighted by atomic mass is 9.72. The SMILES string of the molecule is CC1(C(=O)O)C=CC=C2CNCC21. The normalized spacial score (nSPS) is 37.0. The van der Waals surface area contributed by atoms with E-state index >= 15 is 0 Å². The van der Waals surface area contributed by atoms with Crippen molar-refractivity contribution in [2.75, 3.05) is 13.1 Å². The first kappa shape index (κ1) is 8.51. The molecule has 1 saturated heterocycles. The molecule has 3 nitrogen and oxygen atoms in total. The second kappa shape index (κ2) is 2.70. The molecule has 0 aromatic heterocycles. The molecular weight excluding hydrogens is 166 g/mol. The summed E-state index contributed by atoms with van der Waals surface area (Å²) < 4.78 is 0. The van der Waals surface area contributed by atoms with Crippen LogP contribution in [0.2, 0.25) is 0 Å². The molecule has 0 aromatic rings. The number of hydrogen-bond acceptors (Lipinski definition) is 2. The Morgan fingerprint density at radius 1 is 1.77 bits per heavy atom. The largest absolute Gasteiger partial charge is 0.481 e. The van der Waals surface area contributed by atoms with Gasteiger partial charge in [-0.05, 0) is 6.92 Å². The standard InChI is InChI=1S/C10H13NO2/c1-10(9(12)13)4-2-3-7-5-11-6-8(7)10/h2-4,8,11H,5-6H2,1H3,(H,12,13). The summed E-state index contributed by atoms with van der Waals surface area (Å²) in [5.41, 5.74) is 0.500. The lowest BCUT2D eigenvalue weighted by Gasteiger charge is -2.30. The monoisotopic (exact) mass is 179 g/mol. The molecule has 2 atom stereocenters. The first-order valence-electron chi connectivity index (χ1n) is 4.47. The number of carbonyl (C=O) groups is 1. The first-order chi connectivity index (χ1) is 6.14. The minimum atomic E-state index is -0.733. The Bertz CT molecular complexity index is 306. The summed E-state index contributed by atoms with van der Waals surface area (Å²) >= 11 is 0. The van der Waals surface area contributed by atoms with Crippen LogP contribution >= 0.6 is 0 Å². The fourth-order valence-electron chi connectivity index (χ4n) is 2.10. The van der Waals surface area contributed by atoms with Crippen LogP contribution in [-0.2, 0) is 4.79 Å². The van der Waals surface area contributed by atoms with Gasteiger partial charge in [-0.25, -0.2) is 0 Å². The van der Waals surface area contributed by atoms with Crippen molar-refractivity contribution in [3.05, 3.63) is 23.8 Å². The van der Waals surface area contributed by atoms with Crippen molar-refractivity contribution in [3.63, 3.8) is 0 Å². The molecule has 70 valence electrons. The molecule has 13 heavy (non-hydrogen) atoms. The van der Waals surface area contributed by atoms with E-state index in [-0.39, 0.29) is 5.92 Å². The first-order valence-corrected chi connectivity index (χ1v) is 4.47. The Labute approximate surface area is 77.1 Å². The van der Waals surface area contributed by atoms with Crippen molar-refractivity contribution in [1.29, 1.82) is 0 Å². The second-order valence-electron chi connectivity index (χ2n) is 3.87. The summed E-state index contributed by atoms with van der Waals surface area (Å²) in [5.74, 6) is -0.599. The number of allylic oxidation sites excluding steroid dienone is 2. The minimum Gasteiger partial charge on any atom is -0.481 e. The van der Waals surface area contributed by atoms with Gasteiger partial charge in [-0.2, -0.15) is 0 Å². The Balaban J connectivity index is 2.37. The molecule has 1 aliphatic heterocycles. The van der Waals surface area contributed by atoms with E-state index in [2.05, 4.69) is 5.32 Å². The molecule has 3 heteroatoms. The highest BCUT2D eigenvalue weighted by Gasteiger charge is 2.44. The van der Waals surface area contributed by atoms with E-state index in [1.165, 1.54) is 5.57 Å². The van der Waals surface area contributed by atoms with Crippen LogP contribution < -0.4 is 5.32 Å². The summed E-state index contributed by atoms with van der Waals surface area (Å²) in [7, 11) is 0. The van der Waals surface area contributed by atoms with Gasteiger partial charge in [0.1, 0.15) is 0 Å². The molecule has 0 amide bonds. The molecule has 2 rings (SSSR count). The quantitative estimate of drug-likeness (QED) is 0.625. The number of carboxylic acid groups (broad SMARTS) is 1. The Morgan fingerprint density at radius 2 is 2.54 bits per heavy atom. The van der Waals surface area contributed by atoms with Crippen molar-refractivity contribution in [1.82, 2.24) is 5.32 Å². The average molecular weight is 179 g/mol. The van der Waals surface area contributed by atoms with E-state index in [0.29, 0.717) is 0 Å². The summed E-state index contributed by atoms with van der Waals surface area (Å²) in [5, 5.41) is 12.3. The molecule has 0 radical (unpaired) electrons. The summed E-state index contributed by atoms with van der Waals surface area (Å²) in [6.45, 7) is 3.40. The van der Waals surface area contributed by atoms with E-state index in [4.69, 9.17) is 5.11 Å². The molecule has 1 aliphatic carbocycles. The molecule has 1 heterocycles. The van der Waals surface area contributed by atoms with Crippen LogP contribution in [0.25, 0.3) is 0 Å². The smallest absolute Gasteiger partial charge is 0.313 e. The molecule has 2 unspecified atom stereocenters. The topological polar surface area (TPSA) is 49.3 Å². The highest BCUT2D eigenvalue weighted by atomic mass is 16.4. The van der Waals surface area contributed by atoms with Crippen LogP contribution in [0, 0.1) is 11.3 Å². The van der Waals surface area contributed by atoms with Crippen molar-refractivity contribution < 1.29 is 9.90 Å². The predicted octanol–water partition coefficient (Wildman–Crippen LogP) is 0.793. The van der Waals surface area contributed by atoms with Gasteiger partial charge in [0.25, 0.3) is 0 Å². The summed E-state index contributed by atoms with van der Waals surface area (Å²) in [6.07, 6.45) is 5.67. The van der Waals surface area contributed by atoms with Gasteiger partial charge in [0.05, 0.1) is 5.41 Å². The van der Waals surface area contributed by atoms with Crippen LogP contribution in [0.5, 0.6) is 0 Å². The zero-order chi connectivity index (χ0) is 9.47. The molecule has 2 N–H and O–H groups in total. The van der Waals surface area contributed by atoms with Crippen LogP contribution in [0.15, 0.2) is 23.8 Å². The fourth-order valence-corrected chi connectivity index (χ4v) is 2.10. The summed E-state index contributed by atoms with van der Waals surface area (Å²) in [6, 6.07) is 0. The zero-order valence-electron chi connectivity index (χ0n) is 7.58. The maximum absolute atomic E-state index is 11.1. The molecular formula is C10H13NO2. The van der Waals surface area contributed by atoms with Gasteiger partial charge in [-0.1, -0.05) is 23.8 Å². The lowest BCUT2D eigenvalue weighted by molar-refractivity contribution is -0.147. The number of rotatable bonds is 1. The third kappa shape index (κ3) is 1.11. The van der Waals surface area contributed by atoms with Crippen LogP contribution in [-0.4, -0.2) is 24.2 Å². The van der Waals surface area contributed by atoms with E-state index < -0.39 is 11.4 Å². The highest BCUT2D eigenvalue weighted by molar-refractivity contribution is 5.78. The second-order valence-corrected chi connectivity index (χ2v) is 3.87. The zero-order valence-corrected chi connectivity index (χ0v) is 7.58. The predicted molar refractivity (Wildman–Crippen MR) is 49.3 cm³/mol. The van der Waals surface area contributed by atoms with Crippen molar-refractivity contribution in [2.24, 2.45) is 11.3 Å². The van der Waals surface area contributed by atoms with Gasteiger partial charge >= 0.3 is 5.97 Å². The molecule has 2 aliphatic rings. The Hall–Kier alpha value is -1.09. The Kier molecular flexibility index (Phi) is 1.77. The molecule has 1 fully saturated rings. The van der Waals surface area contributed by atoms with Crippen LogP contribution in [0.1, 0.15) is 6.92 Å². The van der Waals surface area contributed by atoms with Gasteiger partial charge in [0.15, 0.2) is 0 Å². The number of hydrogen-bond donors (Lipinski definition) is 2. The lowest BCUT2D eigenvalue weighted by Crippen LogP contribution is -2.37. The van der Waals surface area contributed by atoms with Crippen molar-refractivity contribution in [3.8, 4) is 0 Å². The number of carboxylic acids is 1. The molecule has 0 bridgehead atoms. The molecule has 0 aromatic carbocycles. The van der Waals surface area contributed by atoms with E-state index in [1.54, 1.807) is 13.0 Å². The molecule has 0 spiro atoms. The third-order valence-corrected chi connectivity index (χ3v) is 3.06. The Morgan fingerprint density at radius 3 is 3.23 bits per heavy atom. The average Bonchev–Trinajstić information content (AvgIpc) is 2.53.